The quantitative estimate of drug-likeness (QED) is 0.731. The Morgan fingerprint density at radius 2 is 1.96 bits per heavy atom. The molecular weight excluding hydrogens is 290 g/mol. The number of pyridine rings is 1. The molecule has 0 fully saturated rings. The molecule has 2 aromatic heterocycles. The number of furan rings is 1. The van der Waals surface area contributed by atoms with Gasteiger partial charge in [-0.1, -0.05) is 12.1 Å². The van der Waals surface area contributed by atoms with Gasteiger partial charge in [0.05, 0.1) is 7.11 Å². The average molecular weight is 311 g/mol. The van der Waals surface area contributed by atoms with Crippen molar-refractivity contribution in [2.45, 2.75) is 19.9 Å². The van der Waals surface area contributed by atoms with Gasteiger partial charge in [0.15, 0.2) is 5.58 Å². The van der Waals surface area contributed by atoms with Crippen LogP contribution in [0.2, 0.25) is 0 Å². The molecule has 0 aliphatic carbocycles. The Labute approximate surface area is 135 Å². The molecule has 0 radical (unpaired) electrons. The fraction of sp³-hybridized carbons (Fsp3) is 0.278. The van der Waals surface area contributed by atoms with Crippen molar-refractivity contribution in [1.82, 2.24) is 4.98 Å². The third kappa shape index (κ3) is 3.29. The second-order valence-electron chi connectivity index (χ2n) is 5.42. The summed E-state index contributed by atoms with van der Waals surface area (Å²) in [6, 6.07) is 11.9. The second-order valence-corrected chi connectivity index (χ2v) is 5.42. The maximum Gasteiger partial charge on any atom is 0.153 e. The van der Waals surface area contributed by atoms with E-state index in [1.165, 1.54) is 5.56 Å². The highest BCUT2D eigenvalue weighted by Gasteiger charge is 2.12. The largest absolute Gasteiger partial charge is 0.497 e. The summed E-state index contributed by atoms with van der Waals surface area (Å²) in [5.41, 5.74) is 9.64. The van der Waals surface area contributed by atoms with Crippen LogP contribution in [0.1, 0.15) is 16.9 Å². The Morgan fingerprint density at radius 1 is 1.17 bits per heavy atom. The molecule has 0 saturated carbocycles. The monoisotopic (exact) mass is 311 g/mol. The Hall–Kier alpha value is -2.53. The maximum atomic E-state index is 5.74. The zero-order valence-corrected chi connectivity index (χ0v) is 13.4. The van der Waals surface area contributed by atoms with E-state index in [2.05, 4.69) is 10.3 Å². The summed E-state index contributed by atoms with van der Waals surface area (Å²) in [4.78, 5) is 4.68. The summed E-state index contributed by atoms with van der Waals surface area (Å²) in [5, 5.41) is 3.34. The van der Waals surface area contributed by atoms with Crippen LogP contribution < -0.4 is 15.8 Å². The highest BCUT2D eigenvalue weighted by molar-refractivity contribution is 5.79. The van der Waals surface area contributed by atoms with Gasteiger partial charge in [-0.2, -0.15) is 0 Å². The Kier molecular flexibility index (Phi) is 4.48. The van der Waals surface area contributed by atoms with Crippen molar-refractivity contribution in [3.8, 4) is 5.75 Å². The minimum Gasteiger partial charge on any atom is -0.497 e. The van der Waals surface area contributed by atoms with Crippen LogP contribution in [0.25, 0.3) is 11.1 Å². The molecule has 5 heteroatoms. The van der Waals surface area contributed by atoms with Crippen LogP contribution in [-0.2, 0) is 13.0 Å². The van der Waals surface area contributed by atoms with Gasteiger partial charge in [0, 0.05) is 12.1 Å². The first-order valence-electron chi connectivity index (χ1n) is 7.67. The van der Waals surface area contributed by atoms with E-state index in [1.54, 1.807) is 7.11 Å². The number of hydrogen-bond acceptors (Lipinski definition) is 5. The molecule has 0 spiro atoms. The van der Waals surface area contributed by atoms with E-state index in [-0.39, 0.29) is 0 Å². The van der Waals surface area contributed by atoms with Crippen molar-refractivity contribution in [2.24, 2.45) is 5.73 Å². The molecule has 23 heavy (non-hydrogen) atoms. The fourth-order valence-corrected chi connectivity index (χ4v) is 2.61. The molecule has 0 atom stereocenters. The van der Waals surface area contributed by atoms with Crippen molar-refractivity contribution in [2.75, 3.05) is 19.0 Å². The van der Waals surface area contributed by atoms with Crippen molar-refractivity contribution in [3.05, 3.63) is 53.3 Å². The zero-order chi connectivity index (χ0) is 16.2. The third-order valence-electron chi connectivity index (χ3n) is 3.86. The summed E-state index contributed by atoms with van der Waals surface area (Å²) >= 11 is 0. The number of nitrogens with one attached hydrogen (secondary N) is 1. The van der Waals surface area contributed by atoms with Crippen molar-refractivity contribution < 1.29 is 9.15 Å². The van der Waals surface area contributed by atoms with Crippen LogP contribution in [0.3, 0.4) is 0 Å². The van der Waals surface area contributed by atoms with Gasteiger partial charge >= 0.3 is 0 Å². The second kappa shape index (κ2) is 6.71. The van der Waals surface area contributed by atoms with Crippen LogP contribution in [0.4, 0.5) is 5.82 Å². The van der Waals surface area contributed by atoms with Crippen LogP contribution in [0, 0.1) is 6.92 Å². The smallest absolute Gasteiger partial charge is 0.153 e. The summed E-state index contributed by atoms with van der Waals surface area (Å²) < 4.78 is 10.9. The van der Waals surface area contributed by atoms with Crippen LogP contribution >= 0.6 is 0 Å². The maximum absolute atomic E-state index is 5.74. The van der Waals surface area contributed by atoms with Gasteiger partial charge < -0.3 is 20.2 Å². The van der Waals surface area contributed by atoms with E-state index in [0.717, 1.165) is 40.4 Å². The van der Waals surface area contributed by atoms with E-state index in [4.69, 9.17) is 14.9 Å². The van der Waals surface area contributed by atoms with Gasteiger partial charge in [-0.15, -0.1) is 0 Å². The number of fused-ring (bicyclic) bond motifs is 1. The number of nitrogens with two attached hydrogens (primary N) is 1. The van der Waals surface area contributed by atoms with Gasteiger partial charge in [-0.25, -0.2) is 4.98 Å². The molecule has 1 aromatic carbocycles. The van der Waals surface area contributed by atoms with Gasteiger partial charge in [0.1, 0.15) is 22.8 Å². The van der Waals surface area contributed by atoms with Crippen molar-refractivity contribution in [1.29, 1.82) is 0 Å². The number of benzene rings is 1. The first-order valence-corrected chi connectivity index (χ1v) is 7.67. The molecule has 2 heterocycles. The normalized spacial score (nSPS) is 10.9. The number of anilines is 1. The van der Waals surface area contributed by atoms with Gasteiger partial charge in [-0.3, -0.25) is 0 Å². The Morgan fingerprint density at radius 3 is 2.65 bits per heavy atom. The van der Waals surface area contributed by atoms with Crippen LogP contribution in [0.5, 0.6) is 5.75 Å². The highest BCUT2D eigenvalue weighted by Crippen LogP contribution is 2.25. The Balaban J connectivity index is 1.78. The first-order chi connectivity index (χ1) is 11.2. The van der Waals surface area contributed by atoms with Gasteiger partial charge in [0.2, 0.25) is 0 Å². The van der Waals surface area contributed by atoms with E-state index in [0.29, 0.717) is 13.1 Å². The lowest BCUT2D eigenvalue weighted by Crippen LogP contribution is -2.04. The number of aromatic nitrogens is 1. The molecule has 3 rings (SSSR count). The lowest BCUT2D eigenvalue weighted by molar-refractivity contribution is 0.414. The molecule has 0 bridgehead atoms. The van der Waals surface area contributed by atoms with E-state index in [1.807, 2.05) is 43.3 Å². The predicted octanol–water partition coefficient (Wildman–Crippen LogP) is 3.26. The molecule has 3 N–H and O–H groups in total. The topological polar surface area (TPSA) is 73.3 Å². The minimum atomic E-state index is 0.584. The lowest BCUT2D eigenvalue weighted by atomic mass is 10.1. The van der Waals surface area contributed by atoms with Crippen LogP contribution in [-0.4, -0.2) is 18.6 Å². The van der Waals surface area contributed by atoms with Crippen molar-refractivity contribution in [3.63, 3.8) is 0 Å². The number of nitrogens with zero attached hydrogens (tertiary/aromatic N) is 1. The molecule has 0 aliphatic rings. The Bertz CT molecular complexity index is 794. The summed E-state index contributed by atoms with van der Waals surface area (Å²) in [7, 11) is 1.66. The summed E-state index contributed by atoms with van der Waals surface area (Å²) in [6.45, 7) is 3.24. The van der Waals surface area contributed by atoms with Crippen LogP contribution in [0.15, 0.2) is 40.8 Å². The number of rotatable bonds is 6. The number of hydrogen-bond donors (Lipinski definition) is 2. The molecule has 120 valence electrons. The zero-order valence-electron chi connectivity index (χ0n) is 13.4. The summed E-state index contributed by atoms with van der Waals surface area (Å²) in [5.74, 6) is 2.58. The fourth-order valence-electron chi connectivity index (χ4n) is 2.61. The molecule has 0 aliphatic heterocycles. The number of methoxy groups -OCH3 is 1. The summed E-state index contributed by atoms with van der Waals surface area (Å²) in [6.07, 6.45) is 0.772. The van der Waals surface area contributed by atoms with Gasteiger partial charge in [0.25, 0.3) is 0 Å². The molecule has 5 nitrogen and oxygen atoms in total. The van der Waals surface area contributed by atoms with E-state index < -0.39 is 0 Å². The molecule has 0 saturated heterocycles. The molecule has 0 amide bonds. The van der Waals surface area contributed by atoms with E-state index in [9.17, 15) is 0 Å². The standard InChI is InChI=1S/C18H21N3O2/c1-12-15(9-10-19)18-16(23-12)7-8-17(21-18)20-11-13-3-5-14(22-2)6-4-13/h3-8H,9-11,19H2,1-2H3,(H,20,21). The first kappa shape index (κ1) is 15.4. The van der Waals surface area contributed by atoms with Crippen molar-refractivity contribution >= 4 is 16.9 Å². The highest BCUT2D eigenvalue weighted by atomic mass is 16.5. The molecule has 0 unspecified atom stereocenters. The number of ether oxygens (including phenoxy) is 1. The average Bonchev–Trinajstić information content (AvgIpc) is 2.89. The molecular formula is C18H21N3O2. The SMILES string of the molecule is COc1ccc(CNc2ccc3oc(C)c(CCN)c3n2)cc1. The third-order valence-corrected chi connectivity index (χ3v) is 3.86. The molecule has 3 aromatic rings. The predicted molar refractivity (Wildman–Crippen MR) is 91.8 cm³/mol. The minimum absolute atomic E-state index is 0.584. The number of aryl methyl sites for hydroxylation is 1. The lowest BCUT2D eigenvalue weighted by Gasteiger charge is -2.07. The van der Waals surface area contributed by atoms with Gasteiger partial charge in [-0.05, 0) is 49.7 Å². The van der Waals surface area contributed by atoms with E-state index >= 15 is 0 Å².